The highest BCUT2D eigenvalue weighted by molar-refractivity contribution is 5.98. The van der Waals surface area contributed by atoms with Gasteiger partial charge in [0.25, 0.3) is 0 Å². The summed E-state index contributed by atoms with van der Waals surface area (Å²) in [5, 5.41) is 55.0. The topological polar surface area (TPSA) is 334 Å². The van der Waals surface area contributed by atoms with Crippen LogP contribution < -0.4 is 31.9 Å². The lowest BCUT2D eigenvalue weighted by Crippen LogP contribution is -2.61. The van der Waals surface area contributed by atoms with Crippen LogP contribution >= 0.6 is 0 Å². The van der Waals surface area contributed by atoms with Crippen molar-refractivity contribution in [3.05, 3.63) is 29.8 Å². The van der Waals surface area contributed by atoms with E-state index in [4.69, 9.17) is 0 Å². The number of carboxylic acid groups (broad SMARTS) is 2. The average Bonchev–Trinajstić information content (AvgIpc) is 4.14. The molecule has 4 saturated heterocycles. The zero-order valence-corrected chi connectivity index (χ0v) is 37.9. The number of hydrogen-bond acceptors (Lipinski definition) is 13. The van der Waals surface area contributed by atoms with E-state index in [-0.39, 0.29) is 50.4 Å². The molecule has 0 saturated carbocycles. The Kier molecular flexibility index (Phi) is 18.0. The molecule has 0 unspecified atom stereocenters. The highest BCUT2D eigenvalue weighted by atomic mass is 16.4. The second-order valence-electron chi connectivity index (χ2n) is 17.7. The van der Waals surface area contributed by atoms with Crippen LogP contribution in [0.4, 0.5) is 0 Å². The Hall–Kier alpha value is -6.36. The molecule has 10 N–H and O–H groups in total. The van der Waals surface area contributed by atoms with E-state index in [9.17, 15) is 68.4 Å². The van der Waals surface area contributed by atoms with E-state index in [0.29, 0.717) is 50.8 Å². The summed E-state index contributed by atoms with van der Waals surface area (Å²) in [7, 11) is 0. The van der Waals surface area contributed by atoms with Gasteiger partial charge in [0, 0.05) is 32.5 Å². The van der Waals surface area contributed by atoms with Crippen LogP contribution in [-0.2, 0) is 54.4 Å². The quantitative estimate of drug-likeness (QED) is 0.0644. The number of amides is 8. The van der Waals surface area contributed by atoms with Crippen molar-refractivity contribution in [1.29, 1.82) is 0 Å². The van der Waals surface area contributed by atoms with Crippen molar-refractivity contribution < 1.29 is 68.4 Å². The number of carbonyl (C=O) groups excluding carboxylic acids is 8. The Bertz CT molecular complexity index is 2030. The number of phenols is 1. The number of benzene rings is 1. The van der Waals surface area contributed by atoms with Crippen LogP contribution in [0.25, 0.3) is 0 Å². The molecule has 4 aliphatic heterocycles. The van der Waals surface area contributed by atoms with Crippen LogP contribution in [-0.4, -0.2) is 181 Å². The maximum atomic E-state index is 14.5. The molecule has 5 rings (SSSR count). The Labute approximate surface area is 387 Å². The zero-order chi connectivity index (χ0) is 49.1. The first-order valence-electron chi connectivity index (χ1n) is 22.8. The fourth-order valence-corrected chi connectivity index (χ4v) is 8.99. The molecule has 23 nitrogen and oxygen atoms in total. The van der Waals surface area contributed by atoms with Gasteiger partial charge in [0.2, 0.25) is 47.3 Å². The van der Waals surface area contributed by atoms with Gasteiger partial charge in [0.15, 0.2) is 0 Å². The molecule has 23 heteroatoms. The third-order valence-electron chi connectivity index (χ3n) is 12.7. The molecule has 8 amide bonds. The normalized spacial score (nSPS) is 23.0. The Morgan fingerprint density at radius 1 is 0.642 bits per heavy atom. The maximum Gasteiger partial charge on any atom is 0.325 e. The molecule has 0 radical (unpaired) electrons. The largest absolute Gasteiger partial charge is 0.508 e. The molecule has 67 heavy (non-hydrogen) atoms. The summed E-state index contributed by atoms with van der Waals surface area (Å²) in [5.41, 5.74) is 0.480. The monoisotopic (exact) mass is 941 g/mol. The minimum absolute atomic E-state index is 0.0341. The summed E-state index contributed by atoms with van der Waals surface area (Å²) in [5.74, 6) is -8.22. The van der Waals surface area contributed by atoms with Gasteiger partial charge in [0.05, 0.1) is 12.1 Å². The van der Waals surface area contributed by atoms with Gasteiger partial charge < -0.3 is 67.0 Å². The zero-order valence-electron chi connectivity index (χ0n) is 37.9. The number of rotatable bonds is 20. The van der Waals surface area contributed by atoms with E-state index in [1.165, 1.54) is 59.7 Å². The number of carboxylic acids is 2. The summed E-state index contributed by atoms with van der Waals surface area (Å²) in [4.78, 5) is 136. The van der Waals surface area contributed by atoms with E-state index in [2.05, 4.69) is 31.9 Å². The molecule has 0 aliphatic carbocycles. The molecule has 1 aromatic rings. The molecule has 10 atom stereocenters. The number of aliphatic carboxylic acids is 2. The third kappa shape index (κ3) is 13.4. The highest BCUT2D eigenvalue weighted by Gasteiger charge is 2.43. The second kappa shape index (κ2) is 23.4. The molecule has 368 valence electrons. The Balaban J connectivity index is 1.28. The van der Waals surface area contributed by atoms with Gasteiger partial charge >= 0.3 is 11.9 Å². The molecular weight excluding hydrogens is 879 g/mol. The van der Waals surface area contributed by atoms with Gasteiger partial charge in [-0.1, -0.05) is 12.1 Å². The number of phenolic OH excluding ortho intramolecular Hbond substituents is 1. The predicted octanol–water partition coefficient (Wildman–Crippen LogP) is -2.55. The van der Waals surface area contributed by atoms with Crippen molar-refractivity contribution in [3.63, 3.8) is 0 Å². The second-order valence-corrected chi connectivity index (χ2v) is 17.7. The van der Waals surface area contributed by atoms with Gasteiger partial charge in [0.1, 0.15) is 54.1 Å². The van der Waals surface area contributed by atoms with Crippen molar-refractivity contribution in [2.75, 3.05) is 26.2 Å². The minimum atomic E-state index is -1.62. The Morgan fingerprint density at radius 2 is 1.19 bits per heavy atom. The third-order valence-corrected chi connectivity index (χ3v) is 12.7. The predicted molar refractivity (Wildman–Crippen MR) is 234 cm³/mol. The number of aliphatic hydroxyl groups excluding tert-OH is 1. The van der Waals surface area contributed by atoms with E-state index in [0.717, 1.165) is 6.42 Å². The maximum absolute atomic E-state index is 14.5. The smallest absolute Gasteiger partial charge is 0.325 e. The number of likely N-dealkylation sites (tertiary alicyclic amines) is 3. The van der Waals surface area contributed by atoms with Crippen LogP contribution in [0.3, 0.4) is 0 Å². The lowest BCUT2D eigenvalue weighted by molar-refractivity contribution is -0.145. The number of nitrogens with one attached hydrogen (secondary N) is 6. The van der Waals surface area contributed by atoms with Crippen molar-refractivity contribution in [2.45, 2.75) is 152 Å². The number of aliphatic hydroxyl groups is 1. The number of carbonyl (C=O) groups is 10. The molecule has 0 aromatic heterocycles. The van der Waals surface area contributed by atoms with E-state index >= 15 is 0 Å². The van der Waals surface area contributed by atoms with Crippen LogP contribution in [0, 0.1) is 0 Å². The fraction of sp³-hybridized carbons (Fsp3) is 0.636. The summed E-state index contributed by atoms with van der Waals surface area (Å²) in [6.45, 7) is 5.05. The van der Waals surface area contributed by atoms with Gasteiger partial charge in [-0.05, 0) is 103 Å². The van der Waals surface area contributed by atoms with Crippen molar-refractivity contribution in [2.24, 2.45) is 0 Å². The minimum Gasteiger partial charge on any atom is -0.508 e. The lowest BCUT2D eigenvalue weighted by atomic mass is 10.0. The molecule has 0 bridgehead atoms. The van der Waals surface area contributed by atoms with E-state index in [1.54, 1.807) is 0 Å². The fourth-order valence-electron chi connectivity index (χ4n) is 8.99. The van der Waals surface area contributed by atoms with Crippen LogP contribution in [0.15, 0.2) is 24.3 Å². The molecule has 4 heterocycles. The summed E-state index contributed by atoms with van der Waals surface area (Å²) in [6.07, 6.45) is 0.848. The lowest BCUT2D eigenvalue weighted by Gasteiger charge is -2.32. The first-order chi connectivity index (χ1) is 31.8. The molecule has 1 aromatic carbocycles. The molecule has 4 aliphatic rings. The van der Waals surface area contributed by atoms with Crippen LogP contribution in [0.2, 0.25) is 0 Å². The van der Waals surface area contributed by atoms with Crippen LogP contribution in [0.1, 0.15) is 90.5 Å². The standard InChI is InChI=1S/C44H63N9O14/c1-23(41(63)51-19-5-9-31(51)37(59)47-24(2)44(66)67)46-40(62)35(25(3)54)50-39(61)33-11-7-21-53(33)43(65)30(22-26-12-14-27(55)15-13-26)49-36(58)28(16-17-34(56)57)48-38(60)32-10-6-20-52(32)42(64)29-8-4-18-45-29/h12-15,23-25,28-33,35,45,54-55H,4-11,16-22H2,1-3H3,(H,46,62)(H,47,59)(H,48,60)(H,49,58)(H,50,61)(H,56,57)(H,66,67)/t23-,24-,25+,28-,29-,30-,31-,32-,33-,35-/m0/s1. The van der Waals surface area contributed by atoms with Crippen molar-refractivity contribution in [3.8, 4) is 5.75 Å². The molecule has 0 spiro atoms. The average molecular weight is 942 g/mol. The summed E-state index contributed by atoms with van der Waals surface area (Å²) >= 11 is 0. The Morgan fingerprint density at radius 3 is 1.75 bits per heavy atom. The van der Waals surface area contributed by atoms with E-state index < -0.39 is 120 Å². The summed E-state index contributed by atoms with van der Waals surface area (Å²) < 4.78 is 0. The molecular formula is C44H63N9O14. The highest BCUT2D eigenvalue weighted by Crippen LogP contribution is 2.24. The van der Waals surface area contributed by atoms with Crippen LogP contribution in [0.5, 0.6) is 5.75 Å². The first-order valence-corrected chi connectivity index (χ1v) is 22.8. The number of aromatic hydroxyl groups is 1. The van der Waals surface area contributed by atoms with E-state index in [1.807, 2.05) is 0 Å². The first kappa shape index (κ1) is 51.6. The SMILES string of the molecule is C[C@H](NC(=O)[C@@H]1CCCN1C(=O)[C@H](C)NC(=O)[C@@H](NC(=O)[C@@H]1CCCN1C(=O)[C@H](Cc1ccc(O)cc1)NC(=O)[C@H](CCC(=O)O)NC(=O)[C@@H]1CCCN1C(=O)[C@@H]1CCCN1)[C@@H](C)O)C(=O)O. The van der Waals surface area contributed by atoms with Gasteiger partial charge in [-0.2, -0.15) is 0 Å². The molecule has 4 fully saturated rings. The van der Waals surface area contributed by atoms with Gasteiger partial charge in [-0.15, -0.1) is 0 Å². The van der Waals surface area contributed by atoms with Gasteiger partial charge in [-0.25, -0.2) is 0 Å². The number of hydrogen-bond donors (Lipinski definition) is 10. The van der Waals surface area contributed by atoms with Crippen molar-refractivity contribution in [1.82, 2.24) is 46.6 Å². The van der Waals surface area contributed by atoms with Crippen molar-refractivity contribution >= 4 is 59.2 Å². The number of nitrogens with zero attached hydrogens (tertiary/aromatic N) is 3. The summed E-state index contributed by atoms with van der Waals surface area (Å²) in [6, 6.07) is -4.70. The van der Waals surface area contributed by atoms with Gasteiger partial charge in [-0.3, -0.25) is 47.9 Å².